The molecular formula is C22H42NaO7S. The Labute approximate surface area is 211 Å². The Balaban J connectivity index is 0. The van der Waals surface area contributed by atoms with Gasteiger partial charge in [-0.05, 0) is 51.4 Å². The molecular weight excluding hydrogens is 431 g/mol. The van der Waals surface area contributed by atoms with Crippen molar-refractivity contribution in [2.75, 3.05) is 0 Å². The van der Waals surface area contributed by atoms with E-state index < -0.39 is 45.9 Å². The molecule has 0 aromatic heterocycles. The molecule has 0 amide bonds. The van der Waals surface area contributed by atoms with Crippen LogP contribution in [0.4, 0.5) is 0 Å². The Morgan fingerprint density at radius 2 is 1.16 bits per heavy atom. The SMILES string of the molecule is CCC(CC)CCC(C)OC(=O)CC(C(=O)OC(C)CCC(CC)CC)S(=O)(=O)O.[Na]. The van der Waals surface area contributed by atoms with Gasteiger partial charge in [-0.25, -0.2) is 0 Å². The van der Waals surface area contributed by atoms with Crippen LogP contribution < -0.4 is 0 Å². The van der Waals surface area contributed by atoms with E-state index in [-0.39, 0.29) is 29.6 Å². The monoisotopic (exact) mass is 473 g/mol. The first-order valence-electron chi connectivity index (χ1n) is 11.3. The van der Waals surface area contributed by atoms with Gasteiger partial charge < -0.3 is 9.47 Å². The molecule has 0 aliphatic carbocycles. The van der Waals surface area contributed by atoms with Gasteiger partial charge in [-0.15, -0.1) is 0 Å². The van der Waals surface area contributed by atoms with Crippen LogP contribution >= 0.6 is 0 Å². The van der Waals surface area contributed by atoms with E-state index in [1.54, 1.807) is 13.8 Å². The van der Waals surface area contributed by atoms with Gasteiger partial charge in [-0.1, -0.05) is 53.4 Å². The summed E-state index contributed by atoms with van der Waals surface area (Å²) in [6, 6.07) is 0. The summed E-state index contributed by atoms with van der Waals surface area (Å²) in [5.74, 6) is -0.888. The maximum atomic E-state index is 12.3. The van der Waals surface area contributed by atoms with Crippen molar-refractivity contribution >= 4 is 51.6 Å². The molecule has 0 aliphatic rings. The summed E-state index contributed by atoms with van der Waals surface area (Å²) < 4.78 is 43.3. The first-order chi connectivity index (χ1) is 14.0. The van der Waals surface area contributed by atoms with Crippen LogP contribution in [0.1, 0.15) is 99.3 Å². The molecule has 0 rings (SSSR count). The fourth-order valence-corrected chi connectivity index (χ4v) is 4.11. The second-order valence-corrected chi connectivity index (χ2v) is 9.87. The zero-order valence-electron chi connectivity index (χ0n) is 20.6. The molecule has 3 unspecified atom stereocenters. The van der Waals surface area contributed by atoms with Crippen molar-refractivity contribution < 1.29 is 32.0 Å². The van der Waals surface area contributed by atoms with Gasteiger partial charge in [0.25, 0.3) is 10.1 Å². The van der Waals surface area contributed by atoms with E-state index in [0.717, 1.165) is 38.5 Å². The minimum absolute atomic E-state index is 0. The molecule has 0 aromatic rings. The van der Waals surface area contributed by atoms with Crippen molar-refractivity contribution in [1.29, 1.82) is 0 Å². The second kappa shape index (κ2) is 17.3. The molecule has 1 radical (unpaired) electrons. The van der Waals surface area contributed by atoms with Crippen LogP contribution in [0.15, 0.2) is 0 Å². The number of rotatable bonds is 16. The fraction of sp³-hybridized carbons (Fsp3) is 0.909. The molecule has 9 heteroatoms. The Bertz CT molecular complexity index is 601. The van der Waals surface area contributed by atoms with Crippen molar-refractivity contribution in [3.05, 3.63) is 0 Å². The summed E-state index contributed by atoms with van der Waals surface area (Å²) in [7, 11) is -4.79. The molecule has 3 atom stereocenters. The Kier molecular flexibility index (Phi) is 18.5. The summed E-state index contributed by atoms with van der Waals surface area (Å²) in [6.45, 7) is 11.8. The van der Waals surface area contributed by atoms with Gasteiger partial charge >= 0.3 is 11.9 Å². The van der Waals surface area contributed by atoms with Crippen molar-refractivity contribution in [3.8, 4) is 0 Å². The van der Waals surface area contributed by atoms with Gasteiger partial charge in [0.05, 0.1) is 18.6 Å². The first kappa shape index (κ1) is 33.0. The molecule has 0 saturated heterocycles. The largest absolute Gasteiger partial charge is 0.463 e. The number of esters is 2. The minimum Gasteiger partial charge on any atom is -0.463 e. The maximum absolute atomic E-state index is 12.3. The van der Waals surface area contributed by atoms with Crippen LogP contribution in [0.25, 0.3) is 0 Å². The summed E-state index contributed by atoms with van der Waals surface area (Å²) in [6.07, 6.45) is 5.48. The number of carbonyl (C=O) groups excluding carboxylic acids is 2. The second-order valence-electron chi connectivity index (χ2n) is 8.28. The molecule has 0 aliphatic heterocycles. The number of hydrogen-bond acceptors (Lipinski definition) is 6. The van der Waals surface area contributed by atoms with Gasteiger partial charge in [-0.3, -0.25) is 14.1 Å². The van der Waals surface area contributed by atoms with Crippen LogP contribution in [0.3, 0.4) is 0 Å². The predicted molar refractivity (Wildman–Crippen MR) is 123 cm³/mol. The molecule has 0 saturated carbocycles. The molecule has 0 heterocycles. The van der Waals surface area contributed by atoms with Crippen LogP contribution in [-0.4, -0.2) is 71.9 Å². The number of carbonyl (C=O) groups is 2. The minimum atomic E-state index is -4.79. The Hall–Kier alpha value is -0.150. The quantitative estimate of drug-likeness (QED) is 0.199. The Morgan fingerprint density at radius 1 is 0.774 bits per heavy atom. The average Bonchev–Trinajstić information content (AvgIpc) is 2.66. The molecule has 1 N–H and O–H groups in total. The molecule has 0 aromatic carbocycles. The van der Waals surface area contributed by atoms with E-state index in [1.165, 1.54) is 0 Å². The maximum Gasteiger partial charge on any atom is 0.327 e. The summed E-state index contributed by atoms with van der Waals surface area (Å²) in [5.41, 5.74) is 0. The van der Waals surface area contributed by atoms with E-state index >= 15 is 0 Å². The Morgan fingerprint density at radius 3 is 1.52 bits per heavy atom. The summed E-state index contributed by atoms with van der Waals surface area (Å²) in [5, 5.41) is -1.97. The normalized spacial score (nSPS) is 14.6. The van der Waals surface area contributed by atoms with Gasteiger partial charge in [-0.2, -0.15) is 8.42 Å². The first-order valence-corrected chi connectivity index (χ1v) is 12.8. The van der Waals surface area contributed by atoms with E-state index in [1.807, 2.05) is 0 Å². The molecule has 0 bridgehead atoms. The third kappa shape index (κ3) is 14.6. The van der Waals surface area contributed by atoms with Crippen molar-refractivity contribution in [2.24, 2.45) is 11.8 Å². The van der Waals surface area contributed by atoms with Gasteiger partial charge in [0.2, 0.25) is 0 Å². The third-order valence-electron chi connectivity index (χ3n) is 5.90. The molecule has 0 fully saturated rings. The topological polar surface area (TPSA) is 107 Å². The van der Waals surface area contributed by atoms with Crippen LogP contribution in [0.2, 0.25) is 0 Å². The fourth-order valence-electron chi connectivity index (χ4n) is 3.46. The van der Waals surface area contributed by atoms with Gasteiger partial charge in [0.1, 0.15) is 0 Å². The molecule has 7 nitrogen and oxygen atoms in total. The zero-order valence-corrected chi connectivity index (χ0v) is 23.4. The van der Waals surface area contributed by atoms with Crippen LogP contribution in [0, 0.1) is 11.8 Å². The van der Waals surface area contributed by atoms with Crippen molar-refractivity contribution in [1.82, 2.24) is 0 Å². The molecule has 179 valence electrons. The van der Waals surface area contributed by atoms with E-state index in [0.29, 0.717) is 24.7 Å². The van der Waals surface area contributed by atoms with Gasteiger partial charge in [0.15, 0.2) is 5.25 Å². The summed E-state index contributed by atoms with van der Waals surface area (Å²) >= 11 is 0. The third-order valence-corrected chi connectivity index (χ3v) is 6.97. The van der Waals surface area contributed by atoms with E-state index in [9.17, 15) is 22.6 Å². The van der Waals surface area contributed by atoms with Crippen molar-refractivity contribution in [2.45, 2.75) is 117 Å². The molecule has 31 heavy (non-hydrogen) atoms. The predicted octanol–water partition coefficient (Wildman–Crippen LogP) is 4.55. The standard InChI is InChI=1S/C22H42O7S.Na/c1-7-18(8-2)13-11-16(5)28-21(23)15-20(30(25,26)27)22(24)29-17(6)12-14-19(9-3)10-4;/h16-20H,7-15H2,1-6H3,(H,25,26,27);. The van der Waals surface area contributed by atoms with E-state index in [4.69, 9.17) is 9.47 Å². The van der Waals surface area contributed by atoms with E-state index in [2.05, 4.69) is 27.7 Å². The van der Waals surface area contributed by atoms with Crippen LogP contribution in [0.5, 0.6) is 0 Å². The average molecular weight is 474 g/mol. The molecule has 0 spiro atoms. The number of hydrogen-bond donors (Lipinski definition) is 1. The zero-order chi connectivity index (χ0) is 23.3. The smallest absolute Gasteiger partial charge is 0.327 e. The van der Waals surface area contributed by atoms with Gasteiger partial charge in [0, 0.05) is 29.6 Å². The van der Waals surface area contributed by atoms with Crippen molar-refractivity contribution in [3.63, 3.8) is 0 Å². The summed E-state index contributed by atoms with van der Waals surface area (Å²) in [4.78, 5) is 24.5. The number of ether oxygens (including phenoxy) is 2. The van der Waals surface area contributed by atoms with Crippen LogP contribution in [-0.2, 0) is 29.2 Å².